The van der Waals surface area contributed by atoms with Crippen LogP contribution in [0.25, 0.3) is 11.4 Å². The molecule has 2 aromatic rings. The minimum atomic E-state index is 0. The molecule has 0 radical (unpaired) electrons. The fraction of sp³-hybridized carbons (Fsp3) is 0.462. The van der Waals surface area contributed by atoms with Crippen LogP contribution in [0.15, 0.2) is 24.3 Å². The molecule has 0 fully saturated rings. The summed E-state index contributed by atoms with van der Waals surface area (Å²) in [5.74, 6) is 0.635. The molecular weight excluding hydrogens is 297 g/mol. The molecule has 0 aliphatic carbocycles. The van der Waals surface area contributed by atoms with Gasteiger partial charge in [0.25, 0.3) is 0 Å². The highest BCUT2D eigenvalue weighted by Crippen LogP contribution is 2.16. The van der Waals surface area contributed by atoms with Crippen molar-refractivity contribution in [3.05, 3.63) is 29.3 Å². The minimum Gasteiger partial charge on any atom is -0.302 e. The number of halogens is 2. The van der Waals surface area contributed by atoms with Gasteiger partial charge >= 0.3 is 0 Å². The van der Waals surface area contributed by atoms with E-state index < -0.39 is 0 Å². The largest absolute Gasteiger partial charge is 0.302 e. The van der Waals surface area contributed by atoms with Crippen LogP contribution in [0.1, 0.15) is 13.8 Å². The maximum Gasteiger partial charge on any atom is 0.204 e. The van der Waals surface area contributed by atoms with Gasteiger partial charge in [0, 0.05) is 17.1 Å². The van der Waals surface area contributed by atoms with E-state index >= 15 is 0 Å². The maximum absolute atomic E-state index is 5.85. The van der Waals surface area contributed by atoms with Gasteiger partial charge in [-0.25, -0.2) is 0 Å². The lowest BCUT2D eigenvalue weighted by Gasteiger charge is -2.16. The lowest BCUT2D eigenvalue weighted by Crippen LogP contribution is -2.27. The Balaban J connectivity index is 0.00000200. The summed E-state index contributed by atoms with van der Waals surface area (Å²) in [5, 5.41) is 13.2. The van der Waals surface area contributed by atoms with Crippen molar-refractivity contribution in [1.29, 1.82) is 0 Å². The monoisotopic (exact) mass is 315 g/mol. The average Bonchev–Trinajstić information content (AvgIpc) is 2.89. The van der Waals surface area contributed by atoms with E-state index in [4.69, 9.17) is 11.6 Å². The number of benzene rings is 1. The number of rotatable bonds is 6. The number of hydrogen-bond donors (Lipinski definition) is 0. The first-order chi connectivity index (χ1) is 9.22. The molecule has 1 aromatic heterocycles. The number of tetrazole rings is 1. The third-order valence-electron chi connectivity index (χ3n) is 3.07. The van der Waals surface area contributed by atoms with Crippen LogP contribution in [0.4, 0.5) is 0 Å². The summed E-state index contributed by atoms with van der Waals surface area (Å²) in [6.45, 7) is 8.06. The van der Waals surface area contributed by atoms with Crippen LogP contribution in [-0.2, 0) is 6.54 Å². The fourth-order valence-electron chi connectivity index (χ4n) is 1.82. The molecule has 0 saturated carbocycles. The van der Waals surface area contributed by atoms with Gasteiger partial charge in [-0.1, -0.05) is 25.4 Å². The molecule has 0 amide bonds. The minimum absolute atomic E-state index is 0. The van der Waals surface area contributed by atoms with Gasteiger partial charge in [-0.05, 0) is 42.6 Å². The molecule has 7 heteroatoms. The molecular formula is C13H19Cl2N5. The highest BCUT2D eigenvalue weighted by atomic mass is 35.5. The van der Waals surface area contributed by atoms with E-state index in [0.717, 1.165) is 31.7 Å². The normalized spacial score (nSPS) is 10.6. The second-order valence-electron chi connectivity index (χ2n) is 4.24. The van der Waals surface area contributed by atoms with E-state index in [1.54, 1.807) is 4.80 Å². The van der Waals surface area contributed by atoms with Crippen LogP contribution in [0.3, 0.4) is 0 Å². The summed E-state index contributed by atoms with van der Waals surface area (Å²) in [5.41, 5.74) is 0.929. The molecule has 5 nitrogen and oxygen atoms in total. The first kappa shape index (κ1) is 16.9. The van der Waals surface area contributed by atoms with Crippen LogP contribution in [0.2, 0.25) is 5.02 Å². The Bertz CT molecular complexity index is 508. The van der Waals surface area contributed by atoms with Crippen molar-refractivity contribution >= 4 is 24.0 Å². The van der Waals surface area contributed by atoms with Gasteiger partial charge in [0.15, 0.2) is 0 Å². The van der Waals surface area contributed by atoms with Gasteiger partial charge in [0.1, 0.15) is 0 Å². The Kier molecular flexibility index (Phi) is 6.91. The summed E-state index contributed by atoms with van der Waals surface area (Å²) < 4.78 is 0. The molecule has 0 unspecified atom stereocenters. The molecule has 1 heterocycles. The summed E-state index contributed by atoms with van der Waals surface area (Å²) in [4.78, 5) is 3.97. The lowest BCUT2D eigenvalue weighted by molar-refractivity contribution is 0.277. The molecule has 0 atom stereocenters. The van der Waals surface area contributed by atoms with Crippen LogP contribution in [-0.4, -0.2) is 44.7 Å². The molecule has 1 aromatic carbocycles. The van der Waals surface area contributed by atoms with Gasteiger partial charge in [-0.3, -0.25) is 0 Å². The third kappa shape index (κ3) is 4.44. The number of nitrogens with zero attached hydrogens (tertiary/aromatic N) is 5. The molecule has 0 aliphatic rings. The van der Waals surface area contributed by atoms with Crippen LogP contribution < -0.4 is 0 Å². The Labute approximate surface area is 130 Å². The van der Waals surface area contributed by atoms with Gasteiger partial charge in [0.05, 0.1) is 6.54 Å². The van der Waals surface area contributed by atoms with Crippen molar-refractivity contribution in [2.45, 2.75) is 20.4 Å². The number of hydrogen-bond acceptors (Lipinski definition) is 4. The Morgan fingerprint density at radius 2 is 1.80 bits per heavy atom. The second kappa shape index (κ2) is 8.19. The fourth-order valence-corrected chi connectivity index (χ4v) is 1.95. The summed E-state index contributed by atoms with van der Waals surface area (Å²) >= 11 is 5.85. The van der Waals surface area contributed by atoms with Gasteiger partial charge in [-0.2, -0.15) is 4.80 Å². The SMILES string of the molecule is CCN(CC)CCn1nnc(-c2ccc(Cl)cc2)n1.Cl. The molecule has 0 bridgehead atoms. The van der Waals surface area contributed by atoms with Crippen molar-refractivity contribution in [3.63, 3.8) is 0 Å². The van der Waals surface area contributed by atoms with E-state index in [9.17, 15) is 0 Å². The van der Waals surface area contributed by atoms with Crippen molar-refractivity contribution in [1.82, 2.24) is 25.1 Å². The van der Waals surface area contributed by atoms with E-state index in [-0.39, 0.29) is 12.4 Å². The highest BCUT2D eigenvalue weighted by Gasteiger charge is 2.06. The summed E-state index contributed by atoms with van der Waals surface area (Å²) in [6, 6.07) is 7.45. The Morgan fingerprint density at radius 1 is 1.15 bits per heavy atom. The van der Waals surface area contributed by atoms with E-state index in [2.05, 4.69) is 34.2 Å². The zero-order valence-corrected chi connectivity index (χ0v) is 13.2. The average molecular weight is 316 g/mol. The third-order valence-corrected chi connectivity index (χ3v) is 3.32. The highest BCUT2D eigenvalue weighted by molar-refractivity contribution is 6.30. The predicted molar refractivity (Wildman–Crippen MR) is 83.3 cm³/mol. The first-order valence-corrected chi connectivity index (χ1v) is 6.86. The van der Waals surface area contributed by atoms with Crippen molar-refractivity contribution in [2.24, 2.45) is 0 Å². The van der Waals surface area contributed by atoms with Gasteiger partial charge < -0.3 is 4.90 Å². The van der Waals surface area contributed by atoms with E-state index in [1.165, 1.54) is 0 Å². The molecule has 2 rings (SSSR count). The van der Waals surface area contributed by atoms with E-state index in [0.29, 0.717) is 10.8 Å². The standard InChI is InChI=1S/C13H18ClN5.ClH/c1-3-18(4-2)9-10-19-16-13(15-17-19)11-5-7-12(14)8-6-11;/h5-8H,3-4,9-10H2,1-2H3;1H. The van der Waals surface area contributed by atoms with Crippen LogP contribution >= 0.6 is 24.0 Å². The molecule has 0 spiro atoms. The molecule has 20 heavy (non-hydrogen) atoms. The smallest absolute Gasteiger partial charge is 0.204 e. The molecule has 110 valence electrons. The van der Waals surface area contributed by atoms with Crippen molar-refractivity contribution < 1.29 is 0 Å². The quantitative estimate of drug-likeness (QED) is 0.822. The topological polar surface area (TPSA) is 46.8 Å². The number of aromatic nitrogens is 4. The zero-order valence-electron chi connectivity index (χ0n) is 11.7. The lowest BCUT2D eigenvalue weighted by atomic mass is 10.2. The molecule has 0 saturated heterocycles. The van der Waals surface area contributed by atoms with Crippen molar-refractivity contribution in [3.8, 4) is 11.4 Å². The zero-order chi connectivity index (χ0) is 13.7. The summed E-state index contributed by atoms with van der Waals surface area (Å²) in [7, 11) is 0. The Morgan fingerprint density at radius 3 is 2.40 bits per heavy atom. The van der Waals surface area contributed by atoms with Crippen LogP contribution in [0.5, 0.6) is 0 Å². The van der Waals surface area contributed by atoms with Gasteiger partial charge in [0.2, 0.25) is 5.82 Å². The molecule has 0 N–H and O–H groups in total. The maximum atomic E-state index is 5.85. The Hall–Kier alpha value is -1.17. The molecule has 0 aliphatic heterocycles. The number of likely N-dealkylation sites (N-methyl/N-ethyl adjacent to an activating group) is 1. The van der Waals surface area contributed by atoms with E-state index in [1.807, 2.05) is 24.3 Å². The first-order valence-electron chi connectivity index (χ1n) is 6.49. The van der Waals surface area contributed by atoms with Crippen LogP contribution in [0, 0.1) is 0 Å². The summed E-state index contributed by atoms with van der Waals surface area (Å²) in [6.07, 6.45) is 0. The predicted octanol–water partition coefficient (Wildman–Crippen LogP) is 2.76. The second-order valence-corrected chi connectivity index (χ2v) is 4.68. The van der Waals surface area contributed by atoms with Gasteiger partial charge in [-0.15, -0.1) is 22.6 Å². The van der Waals surface area contributed by atoms with Crippen molar-refractivity contribution in [2.75, 3.05) is 19.6 Å².